The van der Waals surface area contributed by atoms with E-state index in [9.17, 15) is 0 Å². The molecule has 0 N–H and O–H groups in total. The van der Waals surface area contributed by atoms with Crippen LogP contribution in [0.1, 0.15) is 35.6 Å². The van der Waals surface area contributed by atoms with E-state index in [1.807, 2.05) is 0 Å². The molecule has 1 nitrogen and oxygen atoms in total. The van der Waals surface area contributed by atoms with Gasteiger partial charge in [0, 0.05) is 21.5 Å². The molecular weight excluding hydrogens is 262 g/mol. The van der Waals surface area contributed by atoms with Crippen LogP contribution in [-0.4, -0.2) is 4.98 Å². The summed E-state index contributed by atoms with van der Waals surface area (Å²) < 4.78 is 1.13. The van der Waals surface area contributed by atoms with Crippen molar-refractivity contribution in [2.75, 3.05) is 0 Å². The van der Waals surface area contributed by atoms with Crippen LogP contribution in [0.15, 0.2) is 22.7 Å². The lowest BCUT2D eigenvalue weighted by molar-refractivity contribution is 1.01. The van der Waals surface area contributed by atoms with Crippen LogP contribution in [0, 0.1) is 13.8 Å². The van der Waals surface area contributed by atoms with E-state index in [0.717, 1.165) is 15.9 Å². The molecule has 0 unspecified atom stereocenters. The third-order valence-electron chi connectivity index (χ3n) is 3.51. The fourth-order valence-corrected chi connectivity index (χ4v) is 2.63. The van der Waals surface area contributed by atoms with Crippen molar-refractivity contribution in [1.82, 2.24) is 4.98 Å². The van der Waals surface area contributed by atoms with E-state index in [1.54, 1.807) is 0 Å². The molecule has 0 radical (unpaired) electrons. The van der Waals surface area contributed by atoms with Gasteiger partial charge in [-0.25, -0.2) is 0 Å². The summed E-state index contributed by atoms with van der Waals surface area (Å²) in [6, 6.07) is 6.35. The standard InChI is InChI=1S/C14H14BrN/c1-8-9(2)14(10-3-4-10)16-13-6-5-11(15)7-12(8)13/h5-7,10H,3-4H2,1-2H3. The van der Waals surface area contributed by atoms with Crippen LogP contribution in [0.3, 0.4) is 0 Å². The number of benzene rings is 1. The average Bonchev–Trinajstić information content (AvgIpc) is 3.08. The van der Waals surface area contributed by atoms with Crippen LogP contribution in [-0.2, 0) is 0 Å². The molecule has 1 saturated carbocycles. The van der Waals surface area contributed by atoms with Crippen LogP contribution >= 0.6 is 15.9 Å². The summed E-state index contributed by atoms with van der Waals surface area (Å²) in [6.45, 7) is 4.41. The van der Waals surface area contributed by atoms with Gasteiger partial charge in [0.1, 0.15) is 0 Å². The van der Waals surface area contributed by atoms with Gasteiger partial charge in [0.15, 0.2) is 0 Å². The number of fused-ring (bicyclic) bond motifs is 1. The van der Waals surface area contributed by atoms with Crippen LogP contribution in [0.25, 0.3) is 10.9 Å². The first kappa shape index (κ1) is 10.3. The van der Waals surface area contributed by atoms with Crippen molar-refractivity contribution >= 4 is 26.8 Å². The van der Waals surface area contributed by atoms with Gasteiger partial charge >= 0.3 is 0 Å². The van der Waals surface area contributed by atoms with E-state index in [1.165, 1.54) is 35.0 Å². The minimum absolute atomic E-state index is 0.728. The zero-order valence-corrected chi connectivity index (χ0v) is 11.1. The Morgan fingerprint density at radius 1 is 1.19 bits per heavy atom. The van der Waals surface area contributed by atoms with Crippen molar-refractivity contribution in [3.05, 3.63) is 39.5 Å². The van der Waals surface area contributed by atoms with Crippen LogP contribution in [0.5, 0.6) is 0 Å². The maximum absolute atomic E-state index is 4.82. The summed E-state index contributed by atoms with van der Waals surface area (Å²) in [6.07, 6.45) is 2.63. The van der Waals surface area contributed by atoms with Gasteiger partial charge in [0.05, 0.1) is 5.52 Å². The Bertz CT molecular complexity index is 570. The van der Waals surface area contributed by atoms with Crippen molar-refractivity contribution in [2.45, 2.75) is 32.6 Å². The highest BCUT2D eigenvalue weighted by Crippen LogP contribution is 2.42. The molecule has 0 amide bonds. The van der Waals surface area contributed by atoms with E-state index < -0.39 is 0 Å². The Kier molecular flexibility index (Phi) is 2.28. The predicted octanol–water partition coefficient (Wildman–Crippen LogP) is 4.49. The summed E-state index contributed by atoms with van der Waals surface area (Å²) >= 11 is 3.52. The van der Waals surface area contributed by atoms with Gasteiger partial charge in [-0.1, -0.05) is 15.9 Å². The van der Waals surface area contributed by atoms with E-state index in [4.69, 9.17) is 4.98 Å². The molecule has 0 aliphatic heterocycles. The van der Waals surface area contributed by atoms with E-state index in [-0.39, 0.29) is 0 Å². The molecule has 3 rings (SSSR count). The van der Waals surface area contributed by atoms with Gasteiger partial charge in [0.2, 0.25) is 0 Å². The van der Waals surface area contributed by atoms with Gasteiger partial charge in [-0.05, 0) is 56.0 Å². The Labute approximate surface area is 104 Å². The lowest BCUT2D eigenvalue weighted by Crippen LogP contribution is -1.96. The number of pyridine rings is 1. The fraction of sp³-hybridized carbons (Fsp3) is 0.357. The monoisotopic (exact) mass is 275 g/mol. The zero-order valence-electron chi connectivity index (χ0n) is 9.55. The summed E-state index contributed by atoms with van der Waals surface area (Å²) in [4.78, 5) is 4.82. The first-order valence-electron chi connectivity index (χ1n) is 5.73. The highest BCUT2D eigenvalue weighted by molar-refractivity contribution is 9.10. The minimum Gasteiger partial charge on any atom is -0.252 e. The molecule has 1 aromatic heterocycles. The van der Waals surface area contributed by atoms with Gasteiger partial charge in [0.25, 0.3) is 0 Å². The Hall–Kier alpha value is -0.890. The zero-order chi connectivity index (χ0) is 11.3. The molecule has 1 fully saturated rings. The first-order valence-corrected chi connectivity index (χ1v) is 6.52. The van der Waals surface area contributed by atoms with Crippen LogP contribution in [0.4, 0.5) is 0 Å². The molecule has 2 heteroatoms. The minimum atomic E-state index is 0.728. The van der Waals surface area contributed by atoms with Gasteiger partial charge in [-0.15, -0.1) is 0 Å². The highest BCUT2D eigenvalue weighted by atomic mass is 79.9. The summed E-state index contributed by atoms with van der Waals surface area (Å²) in [5.41, 5.74) is 5.22. The Morgan fingerprint density at radius 2 is 1.94 bits per heavy atom. The summed E-state index contributed by atoms with van der Waals surface area (Å²) in [7, 11) is 0. The van der Waals surface area contributed by atoms with Crippen LogP contribution < -0.4 is 0 Å². The second kappa shape index (κ2) is 3.56. The molecule has 0 bridgehead atoms. The molecule has 0 spiro atoms. The maximum atomic E-state index is 4.82. The Balaban J connectivity index is 2.33. The quantitative estimate of drug-likeness (QED) is 0.747. The molecule has 82 valence electrons. The normalized spacial score (nSPS) is 15.7. The third-order valence-corrected chi connectivity index (χ3v) is 4.01. The van der Waals surface area contributed by atoms with E-state index >= 15 is 0 Å². The van der Waals surface area contributed by atoms with Crippen molar-refractivity contribution < 1.29 is 0 Å². The number of rotatable bonds is 1. The molecule has 1 aromatic carbocycles. The molecule has 1 aliphatic rings. The Morgan fingerprint density at radius 3 is 2.62 bits per heavy atom. The molecule has 0 atom stereocenters. The fourth-order valence-electron chi connectivity index (χ4n) is 2.27. The van der Waals surface area contributed by atoms with Gasteiger partial charge < -0.3 is 0 Å². The van der Waals surface area contributed by atoms with Crippen molar-refractivity contribution in [3.8, 4) is 0 Å². The predicted molar refractivity (Wildman–Crippen MR) is 70.9 cm³/mol. The molecule has 1 heterocycles. The maximum Gasteiger partial charge on any atom is 0.0709 e. The topological polar surface area (TPSA) is 12.9 Å². The lowest BCUT2D eigenvalue weighted by atomic mass is 10.0. The van der Waals surface area contributed by atoms with E-state index in [2.05, 4.69) is 48.0 Å². The molecule has 16 heavy (non-hydrogen) atoms. The van der Waals surface area contributed by atoms with Gasteiger partial charge in [-0.2, -0.15) is 0 Å². The summed E-state index contributed by atoms with van der Waals surface area (Å²) in [5.74, 6) is 0.728. The number of hydrogen-bond acceptors (Lipinski definition) is 1. The second-order valence-electron chi connectivity index (χ2n) is 4.68. The van der Waals surface area contributed by atoms with Crippen molar-refractivity contribution in [1.29, 1.82) is 0 Å². The molecular formula is C14H14BrN. The SMILES string of the molecule is Cc1c(C2CC2)nc2ccc(Br)cc2c1C. The number of aryl methyl sites for hydroxylation is 1. The smallest absolute Gasteiger partial charge is 0.0709 e. The number of aromatic nitrogens is 1. The van der Waals surface area contributed by atoms with Crippen LogP contribution in [0.2, 0.25) is 0 Å². The third kappa shape index (κ3) is 1.56. The van der Waals surface area contributed by atoms with Crippen molar-refractivity contribution in [2.24, 2.45) is 0 Å². The molecule has 1 aliphatic carbocycles. The molecule has 0 saturated heterocycles. The first-order chi connectivity index (χ1) is 7.66. The number of halogens is 1. The second-order valence-corrected chi connectivity index (χ2v) is 5.60. The van der Waals surface area contributed by atoms with Gasteiger partial charge in [-0.3, -0.25) is 4.98 Å². The average molecular weight is 276 g/mol. The highest BCUT2D eigenvalue weighted by Gasteiger charge is 2.27. The van der Waals surface area contributed by atoms with Crippen molar-refractivity contribution in [3.63, 3.8) is 0 Å². The van der Waals surface area contributed by atoms with E-state index in [0.29, 0.717) is 0 Å². The number of nitrogens with zero attached hydrogens (tertiary/aromatic N) is 1. The lowest BCUT2D eigenvalue weighted by Gasteiger charge is -2.11. The molecule has 2 aromatic rings. The largest absolute Gasteiger partial charge is 0.252 e. The summed E-state index contributed by atoms with van der Waals surface area (Å²) in [5, 5.41) is 1.27. The number of hydrogen-bond donors (Lipinski definition) is 0.